The average molecular weight is 409 g/mol. The molecule has 1 N–H and O–H groups in total. The van der Waals surface area contributed by atoms with Crippen LogP contribution >= 0.6 is 22.9 Å². The topological polar surface area (TPSA) is 75.7 Å². The SMILES string of the molecule is CCN(CC)C(=O)c1sc(NC(=O)c2ccc(Cl)cc2)c(C(=O)OC)c1C. The van der Waals surface area contributed by atoms with Gasteiger partial charge in [0.1, 0.15) is 5.00 Å². The number of carbonyl (C=O) groups excluding carboxylic acids is 3. The highest BCUT2D eigenvalue weighted by Crippen LogP contribution is 2.35. The second kappa shape index (κ2) is 9.01. The molecule has 0 bridgehead atoms. The van der Waals surface area contributed by atoms with E-state index < -0.39 is 11.9 Å². The average Bonchev–Trinajstić information content (AvgIpc) is 2.98. The van der Waals surface area contributed by atoms with Crippen LogP contribution in [0.4, 0.5) is 5.00 Å². The molecule has 0 aliphatic carbocycles. The Balaban J connectivity index is 2.43. The molecule has 8 heteroatoms. The molecule has 1 heterocycles. The molecule has 0 atom stereocenters. The zero-order valence-electron chi connectivity index (χ0n) is 15.6. The van der Waals surface area contributed by atoms with Crippen LogP contribution in [-0.4, -0.2) is 42.9 Å². The Labute approximate surface area is 167 Å². The maximum atomic E-state index is 12.8. The van der Waals surface area contributed by atoms with Crippen molar-refractivity contribution in [3.8, 4) is 0 Å². The van der Waals surface area contributed by atoms with Crippen LogP contribution in [0.3, 0.4) is 0 Å². The molecule has 0 saturated carbocycles. The van der Waals surface area contributed by atoms with Gasteiger partial charge in [-0.15, -0.1) is 11.3 Å². The van der Waals surface area contributed by atoms with E-state index in [-0.39, 0.29) is 16.5 Å². The molecule has 0 aliphatic heterocycles. The summed E-state index contributed by atoms with van der Waals surface area (Å²) >= 11 is 6.92. The molecule has 144 valence electrons. The van der Waals surface area contributed by atoms with Crippen LogP contribution < -0.4 is 5.32 Å². The van der Waals surface area contributed by atoms with E-state index in [0.29, 0.717) is 34.1 Å². The molecule has 2 aromatic rings. The number of hydrogen-bond donors (Lipinski definition) is 1. The summed E-state index contributed by atoms with van der Waals surface area (Å²) in [5.41, 5.74) is 1.08. The normalized spacial score (nSPS) is 10.4. The third-order valence-corrected chi connectivity index (χ3v) is 5.56. The third kappa shape index (κ3) is 4.48. The Morgan fingerprint density at radius 3 is 2.26 bits per heavy atom. The smallest absolute Gasteiger partial charge is 0.341 e. The van der Waals surface area contributed by atoms with Gasteiger partial charge in [-0.2, -0.15) is 0 Å². The van der Waals surface area contributed by atoms with Crippen molar-refractivity contribution in [2.45, 2.75) is 20.8 Å². The standard InChI is InChI=1S/C19H21ClN2O4S/c1-5-22(6-2)18(24)15-11(3)14(19(25)26-4)17(27-15)21-16(23)12-7-9-13(20)10-8-12/h7-10H,5-6H2,1-4H3,(H,21,23). The molecule has 0 aliphatic rings. The lowest BCUT2D eigenvalue weighted by molar-refractivity contribution is 0.0601. The van der Waals surface area contributed by atoms with Gasteiger partial charge >= 0.3 is 5.97 Å². The zero-order valence-corrected chi connectivity index (χ0v) is 17.2. The maximum absolute atomic E-state index is 12.8. The lowest BCUT2D eigenvalue weighted by atomic mass is 10.1. The Hall–Kier alpha value is -2.38. The van der Waals surface area contributed by atoms with Crippen LogP contribution in [0.25, 0.3) is 0 Å². The van der Waals surface area contributed by atoms with Gasteiger partial charge < -0.3 is 15.0 Å². The second-order valence-corrected chi connectivity index (χ2v) is 7.15. The summed E-state index contributed by atoms with van der Waals surface area (Å²) in [7, 11) is 1.26. The van der Waals surface area contributed by atoms with Crippen molar-refractivity contribution >= 4 is 45.7 Å². The summed E-state index contributed by atoms with van der Waals surface area (Å²) < 4.78 is 4.84. The minimum absolute atomic E-state index is 0.181. The number of ether oxygens (including phenoxy) is 1. The summed E-state index contributed by atoms with van der Waals surface area (Å²) in [5.74, 6) is -1.19. The van der Waals surface area contributed by atoms with Crippen molar-refractivity contribution in [2.75, 3.05) is 25.5 Å². The van der Waals surface area contributed by atoms with Gasteiger partial charge in [-0.3, -0.25) is 9.59 Å². The fourth-order valence-electron chi connectivity index (χ4n) is 2.58. The van der Waals surface area contributed by atoms with Crippen molar-refractivity contribution in [3.63, 3.8) is 0 Å². The molecule has 6 nitrogen and oxygen atoms in total. The number of carbonyl (C=O) groups is 3. The third-order valence-electron chi connectivity index (χ3n) is 4.11. The number of benzene rings is 1. The van der Waals surface area contributed by atoms with Crippen LogP contribution in [0.15, 0.2) is 24.3 Å². The number of methoxy groups -OCH3 is 1. The number of thiophene rings is 1. The zero-order chi connectivity index (χ0) is 20.1. The summed E-state index contributed by atoms with van der Waals surface area (Å²) in [6.07, 6.45) is 0. The Kier molecular flexibility index (Phi) is 6.98. The fraction of sp³-hybridized carbons (Fsp3) is 0.316. The number of anilines is 1. The largest absolute Gasteiger partial charge is 0.465 e. The van der Waals surface area contributed by atoms with Gasteiger partial charge in [-0.25, -0.2) is 4.79 Å². The van der Waals surface area contributed by atoms with Crippen LogP contribution in [0.2, 0.25) is 5.02 Å². The first-order chi connectivity index (χ1) is 12.8. The summed E-state index contributed by atoms with van der Waals surface area (Å²) in [6, 6.07) is 6.37. The first kappa shape index (κ1) is 20.9. The number of hydrogen-bond acceptors (Lipinski definition) is 5. The van der Waals surface area contributed by atoms with E-state index in [0.717, 1.165) is 11.3 Å². The van der Waals surface area contributed by atoms with E-state index in [9.17, 15) is 14.4 Å². The van der Waals surface area contributed by atoms with E-state index in [2.05, 4.69) is 5.32 Å². The maximum Gasteiger partial charge on any atom is 0.341 e. The molecular formula is C19H21ClN2O4S. The van der Waals surface area contributed by atoms with Crippen molar-refractivity contribution < 1.29 is 19.1 Å². The molecular weight excluding hydrogens is 388 g/mol. The Morgan fingerprint density at radius 2 is 1.74 bits per heavy atom. The lowest BCUT2D eigenvalue weighted by Crippen LogP contribution is -2.30. The molecule has 27 heavy (non-hydrogen) atoms. The highest BCUT2D eigenvalue weighted by Gasteiger charge is 2.28. The molecule has 0 unspecified atom stereocenters. The van der Waals surface area contributed by atoms with Crippen molar-refractivity contribution in [2.24, 2.45) is 0 Å². The quantitative estimate of drug-likeness (QED) is 0.725. The van der Waals surface area contributed by atoms with Gasteiger partial charge in [0.15, 0.2) is 0 Å². The van der Waals surface area contributed by atoms with Crippen LogP contribution in [-0.2, 0) is 4.74 Å². The Morgan fingerprint density at radius 1 is 1.15 bits per heavy atom. The molecule has 2 rings (SSSR count). The number of amides is 2. The van der Waals surface area contributed by atoms with E-state index in [1.54, 1.807) is 36.1 Å². The number of nitrogens with zero attached hydrogens (tertiary/aromatic N) is 1. The van der Waals surface area contributed by atoms with Gasteiger partial charge in [-0.1, -0.05) is 11.6 Å². The number of halogens is 1. The first-order valence-electron chi connectivity index (χ1n) is 8.41. The molecule has 2 amide bonds. The van der Waals surface area contributed by atoms with E-state index in [1.165, 1.54) is 7.11 Å². The summed E-state index contributed by atoms with van der Waals surface area (Å²) in [5, 5.41) is 3.52. The highest BCUT2D eigenvalue weighted by atomic mass is 35.5. The number of esters is 1. The summed E-state index contributed by atoms with van der Waals surface area (Å²) in [4.78, 5) is 39.6. The predicted octanol–water partition coefficient (Wildman–Crippen LogP) is 4.23. The molecule has 0 spiro atoms. The molecule has 0 saturated heterocycles. The van der Waals surface area contributed by atoms with E-state index >= 15 is 0 Å². The monoisotopic (exact) mass is 408 g/mol. The molecule has 1 aromatic carbocycles. The second-order valence-electron chi connectivity index (χ2n) is 5.69. The van der Waals surface area contributed by atoms with Gasteiger partial charge in [0.25, 0.3) is 11.8 Å². The predicted molar refractivity (Wildman–Crippen MR) is 107 cm³/mol. The van der Waals surface area contributed by atoms with Crippen molar-refractivity contribution in [1.82, 2.24) is 4.90 Å². The van der Waals surface area contributed by atoms with Crippen LogP contribution in [0.1, 0.15) is 49.8 Å². The van der Waals surface area contributed by atoms with E-state index in [4.69, 9.17) is 16.3 Å². The highest BCUT2D eigenvalue weighted by molar-refractivity contribution is 7.18. The van der Waals surface area contributed by atoms with Gasteiger partial charge in [-0.05, 0) is 50.6 Å². The van der Waals surface area contributed by atoms with Crippen molar-refractivity contribution in [1.29, 1.82) is 0 Å². The lowest BCUT2D eigenvalue weighted by Gasteiger charge is -2.17. The molecule has 1 aromatic heterocycles. The molecule has 0 fully saturated rings. The van der Waals surface area contributed by atoms with E-state index in [1.807, 2.05) is 13.8 Å². The first-order valence-corrected chi connectivity index (χ1v) is 9.61. The number of rotatable bonds is 6. The minimum Gasteiger partial charge on any atom is -0.465 e. The summed E-state index contributed by atoms with van der Waals surface area (Å²) in [6.45, 7) is 6.54. The van der Waals surface area contributed by atoms with Gasteiger partial charge in [0.2, 0.25) is 0 Å². The number of nitrogens with one attached hydrogen (secondary N) is 1. The van der Waals surface area contributed by atoms with Gasteiger partial charge in [0, 0.05) is 23.7 Å². The van der Waals surface area contributed by atoms with Crippen LogP contribution in [0.5, 0.6) is 0 Å². The fourth-order valence-corrected chi connectivity index (χ4v) is 3.87. The Bertz CT molecular complexity index is 857. The molecule has 0 radical (unpaired) electrons. The van der Waals surface area contributed by atoms with Crippen molar-refractivity contribution in [3.05, 3.63) is 50.9 Å². The minimum atomic E-state index is -0.603. The van der Waals surface area contributed by atoms with Crippen LogP contribution in [0, 0.1) is 6.92 Å². The van der Waals surface area contributed by atoms with Gasteiger partial charge in [0.05, 0.1) is 17.6 Å².